The number of likely N-dealkylation sites (N-methyl/N-ethyl adjacent to an activating group) is 1. The SMILES string of the molecule is CCN(CCNC(C)C)c1ccn2nccc2n1. The molecule has 98 valence electrons. The lowest BCUT2D eigenvalue weighted by Gasteiger charge is -2.22. The van der Waals surface area contributed by atoms with Gasteiger partial charge >= 0.3 is 0 Å². The Morgan fingerprint density at radius 2 is 2.22 bits per heavy atom. The van der Waals surface area contributed by atoms with Gasteiger partial charge < -0.3 is 10.2 Å². The lowest BCUT2D eigenvalue weighted by molar-refractivity contribution is 0.582. The van der Waals surface area contributed by atoms with Crippen LogP contribution in [0.1, 0.15) is 20.8 Å². The molecular weight excluding hydrogens is 226 g/mol. The van der Waals surface area contributed by atoms with E-state index >= 15 is 0 Å². The van der Waals surface area contributed by atoms with Gasteiger partial charge in [0.05, 0.1) is 6.20 Å². The van der Waals surface area contributed by atoms with Crippen molar-refractivity contribution in [3.8, 4) is 0 Å². The van der Waals surface area contributed by atoms with Crippen LogP contribution in [0.4, 0.5) is 5.82 Å². The molecule has 0 saturated carbocycles. The van der Waals surface area contributed by atoms with Gasteiger partial charge in [0.2, 0.25) is 0 Å². The van der Waals surface area contributed by atoms with Crippen LogP contribution in [0.15, 0.2) is 24.5 Å². The molecule has 2 heterocycles. The monoisotopic (exact) mass is 247 g/mol. The molecule has 0 aliphatic rings. The van der Waals surface area contributed by atoms with Gasteiger partial charge in [-0.15, -0.1) is 0 Å². The Morgan fingerprint density at radius 3 is 2.94 bits per heavy atom. The van der Waals surface area contributed by atoms with E-state index in [2.05, 4.69) is 41.1 Å². The molecule has 0 amide bonds. The maximum Gasteiger partial charge on any atom is 0.157 e. The molecule has 5 nitrogen and oxygen atoms in total. The van der Waals surface area contributed by atoms with Crippen molar-refractivity contribution in [2.45, 2.75) is 26.8 Å². The van der Waals surface area contributed by atoms with E-state index < -0.39 is 0 Å². The van der Waals surface area contributed by atoms with Gasteiger partial charge in [-0.2, -0.15) is 5.10 Å². The van der Waals surface area contributed by atoms with Crippen LogP contribution in [0, 0.1) is 0 Å². The summed E-state index contributed by atoms with van der Waals surface area (Å²) in [6.45, 7) is 9.36. The van der Waals surface area contributed by atoms with Gasteiger partial charge in [0.15, 0.2) is 5.65 Å². The molecule has 0 aliphatic carbocycles. The summed E-state index contributed by atoms with van der Waals surface area (Å²) in [6, 6.07) is 4.46. The third-order valence-electron chi connectivity index (χ3n) is 2.88. The van der Waals surface area contributed by atoms with Crippen LogP contribution in [0.2, 0.25) is 0 Å². The van der Waals surface area contributed by atoms with Crippen LogP contribution in [0.5, 0.6) is 0 Å². The molecule has 5 heteroatoms. The first-order chi connectivity index (χ1) is 8.70. The molecule has 0 radical (unpaired) electrons. The van der Waals surface area contributed by atoms with E-state index in [4.69, 9.17) is 0 Å². The fraction of sp³-hybridized carbons (Fsp3) is 0.538. The highest BCUT2D eigenvalue weighted by Crippen LogP contribution is 2.11. The molecule has 0 bridgehead atoms. The van der Waals surface area contributed by atoms with Crippen molar-refractivity contribution in [1.29, 1.82) is 0 Å². The van der Waals surface area contributed by atoms with Gasteiger partial charge in [-0.25, -0.2) is 9.50 Å². The number of nitrogens with one attached hydrogen (secondary N) is 1. The third kappa shape index (κ3) is 2.98. The van der Waals surface area contributed by atoms with Gasteiger partial charge in [0.1, 0.15) is 5.82 Å². The van der Waals surface area contributed by atoms with Crippen LogP contribution in [-0.2, 0) is 0 Å². The van der Waals surface area contributed by atoms with Crippen LogP contribution in [-0.4, -0.2) is 40.3 Å². The summed E-state index contributed by atoms with van der Waals surface area (Å²) in [5.74, 6) is 1.01. The largest absolute Gasteiger partial charge is 0.356 e. The molecule has 0 unspecified atom stereocenters. The fourth-order valence-electron chi connectivity index (χ4n) is 1.90. The smallest absolute Gasteiger partial charge is 0.157 e. The zero-order valence-corrected chi connectivity index (χ0v) is 11.3. The van der Waals surface area contributed by atoms with E-state index in [0.717, 1.165) is 31.1 Å². The van der Waals surface area contributed by atoms with E-state index in [1.54, 1.807) is 10.7 Å². The van der Waals surface area contributed by atoms with Gasteiger partial charge in [0, 0.05) is 37.9 Å². The van der Waals surface area contributed by atoms with Crippen LogP contribution in [0.3, 0.4) is 0 Å². The van der Waals surface area contributed by atoms with Gasteiger partial charge in [0.25, 0.3) is 0 Å². The number of nitrogens with zero attached hydrogens (tertiary/aromatic N) is 4. The fourth-order valence-corrected chi connectivity index (χ4v) is 1.90. The Hall–Kier alpha value is -1.62. The molecular formula is C13H21N5. The standard InChI is InChI=1S/C13H21N5/c1-4-17(10-8-14-11(2)3)12-6-9-18-13(16-12)5-7-15-18/h5-7,9,11,14H,4,8,10H2,1-3H3. The van der Waals surface area contributed by atoms with E-state index in [9.17, 15) is 0 Å². The minimum Gasteiger partial charge on any atom is -0.356 e. The Morgan fingerprint density at radius 1 is 1.39 bits per heavy atom. The second-order valence-electron chi connectivity index (χ2n) is 4.61. The first kappa shape index (κ1) is 12.8. The predicted octanol–water partition coefficient (Wildman–Crippen LogP) is 1.55. The molecule has 0 aliphatic heterocycles. The average Bonchev–Trinajstić information content (AvgIpc) is 2.81. The molecule has 1 N–H and O–H groups in total. The van der Waals surface area contributed by atoms with E-state index in [1.165, 1.54) is 0 Å². The summed E-state index contributed by atoms with van der Waals surface area (Å²) in [5.41, 5.74) is 0.891. The van der Waals surface area contributed by atoms with E-state index in [1.807, 2.05) is 18.3 Å². The maximum atomic E-state index is 4.60. The summed E-state index contributed by atoms with van der Waals surface area (Å²) in [7, 11) is 0. The van der Waals surface area contributed by atoms with Crippen molar-refractivity contribution in [2.24, 2.45) is 0 Å². The van der Waals surface area contributed by atoms with E-state index in [0.29, 0.717) is 6.04 Å². The van der Waals surface area contributed by atoms with Crippen molar-refractivity contribution in [1.82, 2.24) is 19.9 Å². The normalized spacial score (nSPS) is 11.3. The number of anilines is 1. The first-order valence-corrected chi connectivity index (χ1v) is 6.49. The highest BCUT2D eigenvalue weighted by molar-refractivity contribution is 5.47. The predicted molar refractivity (Wildman–Crippen MR) is 74.0 cm³/mol. The van der Waals surface area contributed by atoms with E-state index in [-0.39, 0.29) is 0 Å². The Kier molecular flexibility index (Phi) is 4.15. The Labute approximate surface area is 108 Å². The molecule has 18 heavy (non-hydrogen) atoms. The highest BCUT2D eigenvalue weighted by Gasteiger charge is 2.07. The minimum absolute atomic E-state index is 0.522. The summed E-state index contributed by atoms with van der Waals surface area (Å²) in [4.78, 5) is 6.87. The average molecular weight is 247 g/mol. The van der Waals surface area contributed by atoms with Gasteiger partial charge in [-0.1, -0.05) is 13.8 Å². The summed E-state index contributed by atoms with van der Waals surface area (Å²) in [6.07, 6.45) is 3.72. The number of rotatable bonds is 6. The number of hydrogen-bond acceptors (Lipinski definition) is 4. The first-order valence-electron chi connectivity index (χ1n) is 6.49. The Bertz CT molecular complexity index is 491. The van der Waals surface area contributed by atoms with Crippen molar-refractivity contribution in [3.63, 3.8) is 0 Å². The summed E-state index contributed by atoms with van der Waals surface area (Å²) < 4.78 is 1.78. The molecule has 2 aromatic rings. The lowest BCUT2D eigenvalue weighted by atomic mass is 10.3. The third-order valence-corrected chi connectivity index (χ3v) is 2.88. The molecule has 0 fully saturated rings. The van der Waals surface area contributed by atoms with Gasteiger partial charge in [-0.05, 0) is 13.0 Å². The minimum atomic E-state index is 0.522. The van der Waals surface area contributed by atoms with Crippen LogP contribution in [0.25, 0.3) is 5.65 Å². The number of hydrogen-bond donors (Lipinski definition) is 1. The van der Waals surface area contributed by atoms with Crippen molar-refractivity contribution in [2.75, 3.05) is 24.5 Å². The van der Waals surface area contributed by atoms with Gasteiger partial charge in [-0.3, -0.25) is 0 Å². The topological polar surface area (TPSA) is 45.5 Å². The lowest BCUT2D eigenvalue weighted by Crippen LogP contribution is -2.35. The Balaban J connectivity index is 2.06. The van der Waals surface area contributed by atoms with Crippen molar-refractivity contribution < 1.29 is 0 Å². The molecule has 2 rings (SSSR count). The highest BCUT2D eigenvalue weighted by atomic mass is 15.3. The molecule has 0 aromatic carbocycles. The van der Waals surface area contributed by atoms with Crippen molar-refractivity contribution >= 4 is 11.5 Å². The molecule has 0 atom stereocenters. The maximum absolute atomic E-state index is 4.60. The van der Waals surface area contributed by atoms with Crippen molar-refractivity contribution in [3.05, 3.63) is 24.5 Å². The molecule has 0 saturated heterocycles. The van der Waals surface area contributed by atoms with Crippen LogP contribution < -0.4 is 10.2 Å². The zero-order valence-electron chi connectivity index (χ0n) is 11.3. The number of aromatic nitrogens is 3. The zero-order chi connectivity index (χ0) is 13.0. The number of fused-ring (bicyclic) bond motifs is 1. The van der Waals surface area contributed by atoms with Crippen LogP contribution >= 0.6 is 0 Å². The summed E-state index contributed by atoms with van der Waals surface area (Å²) in [5, 5.41) is 7.58. The quantitative estimate of drug-likeness (QED) is 0.841. The molecule has 2 aromatic heterocycles. The summed E-state index contributed by atoms with van der Waals surface area (Å²) >= 11 is 0. The second kappa shape index (κ2) is 5.82. The molecule has 0 spiro atoms. The second-order valence-corrected chi connectivity index (χ2v) is 4.61.